The molecule has 0 saturated heterocycles. The van der Waals surface area contributed by atoms with E-state index in [1.165, 1.54) is 90.1 Å². The normalized spacial score (nSPS) is 18.9. The summed E-state index contributed by atoms with van der Waals surface area (Å²) < 4.78 is 4.76. The van der Waals surface area contributed by atoms with Gasteiger partial charge in [-0.05, 0) is 72.2 Å². The van der Waals surface area contributed by atoms with Crippen molar-refractivity contribution in [1.82, 2.24) is 38.7 Å². The van der Waals surface area contributed by atoms with Crippen LogP contribution < -0.4 is 18.9 Å². The molecule has 6 heterocycles. The van der Waals surface area contributed by atoms with Crippen LogP contribution >= 0.6 is 0 Å². The fraction of sp³-hybridized carbons (Fsp3) is 0.440. The molecular weight excluding hydrogens is 779 g/mol. The molecule has 4 aromatic carbocycles. The van der Waals surface area contributed by atoms with Crippen LogP contribution in [0.1, 0.15) is 109 Å². The second-order valence-corrected chi connectivity index (χ2v) is 17.4. The molecular formula is C50H64AlLiN8O2. The number of fused-ring (bicyclic) bond motifs is 8. The van der Waals surface area contributed by atoms with Crippen LogP contribution in [0.15, 0.2) is 84.9 Å². The number of carbonyl (C=O) groups excluding carboxylic acids is 2. The third kappa shape index (κ3) is 8.63. The van der Waals surface area contributed by atoms with E-state index in [4.69, 9.17) is 9.97 Å². The van der Waals surface area contributed by atoms with Crippen LogP contribution in [-0.2, 0) is 52.1 Å². The van der Waals surface area contributed by atoms with Crippen LogP contribution in [0.25, 0.3) is 22.1 Å². The predicted octanol–water partition coefficient (Wildman–Crippen LogP) is 4.41. The Labute approximate surface area is 391 Å². The van der Waals surface area contributed by atoms with Gasteiger partial charge < -0.3 is 10.6 Å². The smallest absolute Gasteiger partial charge is 1.00 e. The quantitative estimate of drug-likeness (QED) is 0.182. The van der Waals surface area contributed by atoms with Crippen LogP contribution in [0.4, 0.5) is 0 Å². The zero-order valence-corrected chi connectivity index (χ0v) is 34.4. The molecule has 2 fully saturated rings. The minimum absolute atomic E-state index is 0. The summed E-state index contributed by atoms with van der Waals surface area (Å²) in [4.78, 5) is 45.1. The molecule has 0 spiro atoms. The number of imide groups is 1. The van der Waals surface area contributed by atoms with Crippen LogP contribution in [0.5, 0.6) is 0 Å². The van der Waals surface area contributed by atoms with Gasteiger partial charge in [0, 0.05) is 83.8 Å². The predicted molar refractivity (Wildman–Crippen MR) is 250 cm³/mol. The molecule has 320 valence electrons. The van der Waals surface area contributed by atoms with Crippen molar-refractivity contribution in [2.24, 2.45) is 0 Å². The molecule has 0 atom stereocenters. The summed E-state index contributed by atoms with van der Waals surface area (Å²) in [7, 11) is 0. The molecule has 12 heteroatoms. The van der Waals surface area contributed by atoms with Gasteiger partial charge in [-0.15, -0.1) is 0 Å². The number of imidazole rings is 2. The van der Waals surface area contributed by atoms with E-state index in [1.54, 1.807) is 0 Å². The minimum Gasteiger partial charge on any atom is -1.00 e. The van der Waals surface area contributed by atoms with Gasteiger partial charge in [0.05, 0.1) is 39.7 Å². The maximum Gasteiger partial charge on any atom is 1.00 e. The topological polar surface area (TPSA) is 82.7 Å². The molecule has 4 aliphatic heterocycles. The van der Waals surface area contributed by atoms with Gasteiger partial charge in [-0.2, -0.15) is 0 Å². The number of amides is 2. The van der Waals surface area contributed by atoms with Crippen molar-refractivity contribution in [3.63, 3.8) is 0 Å². The van der Waals surface area contributed by atoms with E-state index in [1.807, 2.05) is 42.5 Å². The van der Waals surface area contributed by atoms with E-state index < -0.39 is 0 Å². The summed E-state index contributed by atoms with van der Waals surface area (Å²) in [5, 5.41) is 0. The summed E-state index contributed by atoms with van der Waals surface area (Å²) in [6.45, 7) is 9.81. The van der Waals surface area contributed by atoms with Crippen LogP contribution in [0, 0.1) is 0 Å². The van der Waals surface area contributed by atoms with Crippen molar-refractivity contribution in [2.75, 3.05) is 26.2 Å². The fourth-order valence-corrected chi connectivity index (χ4v) is 10.2. The maximum atomic E-state index is 13.1. The Morgan fingerprint density at radius 1 is 0.565 bits per heavy atom. The van der Waals surface area contributed by atoms with Gasteiger partial charge in [0.2, 0.25) is 0 Å². The average Bonchev–Trinajstić information content (AvgIpc) is 3.83. The second kappa shape index (κ2) is 19.4. The van der Waals surface area contributed by atoms with Crippen molar-refractivity contribution in [3.8, 4) is 0 Å². The van der Waals surface area contributed by atoms with Gasteiger partial charge in [0.25, 0.3) is 11.8 Å². The molecule has 62 heavy (non-hydrogen) atoms. The number of carbonyl (C=O) groups is 2. The largest absolute Gasteiger partial charge is 1.00 e. The molecule has 0 bridgehead atoms. The summed E-state index contributed by atoms with van der Waals surface area (Å²) >= 11 is 0. The molecule has 6 aromatic rings. The number of benzene rings is 4. The molecule has 2 aromatic heterocycles. The number of nitrogens with zero attached hydrogens (tertiary/aromatic N) is 8. The van der Waals surface area contributed by atoms with E-state index in [2.05, 4.69) is 66.3 Å². The van der Waals surface area contributed by atoms with E-state index in [0.717, 1.165) is 93.2 Å². The number of aromatic nitrogens is 4. The van der Waals surface area contributed by atoms with Crippen molar-refractivity contribution in [2.45, 2.75) is 118 Å². The average molecular weight is 843 g/mol. The van der Waals surface area contributed by atoms with E-state index in [-0.39, 0.29) is 64.3 Å². The van der Waals surface area contributed by atoms with Crippen molar-refractivity contribution in [1.29, 1.82) is 0 Å². The Bertz CT molecular complexity index is 2540. The van der Waals surface area contributed by atoms with Crippen LogP contribution in [0.2, 0.25) is 0 Å². The summed E-state index contributed by atoms with van der Waals surface area (Å²) in [6.07, 6.45) is 10.2. The summed E-state index contributed by atoms with van der Waals surface area (Å²) in [5.74, 6) is 1.93. The SMILES string of the molecule is C.C.O=C1c2cc3nc4n(c3cc2C(=O)N1Cc1ccccc1)CCN(C1CCC1)CC4.[AlH3].[H-].[Li+].c1ccc(CN2Cc3cc4nc5n(c4cc3C2)CCN(C2CCC2)CC5)cc1. The number of rotatable bonds is 6. The zero-order valence-electron chi connectivity index (χ0n) is 35.4. The summed E-state index contributed by atoms with van der Waals surface area (Å²) in [5.41, 5.74) is 10.6. The third-order valence-corrected chi connectivity index (χ3v) is 13.9. The molecule has 2 amide bonds. The Hall–Kier alpha value is -4.03. The first-order chi connectivity index (χ1) is 28.5. The van der Waals surface area contributed by atoms with Crippen molar-refractivity contribution >= 4 is 51.2 Å². The van der Waals surface area contributed by atoms with Crippen molar-refractivity contribution < 1.29 is 29.9 Å². The van der Waals surface area contributed by atoms with Gasteiger partial charge in [-0.3, -0.25) is 29.2 Å². The molecule has 0 unspecified atom stereocenters. The minimum atomic E-state index is -0.222. The van der Waals surface area contributed by atoms with E-state index in [9.17, 15) is 9.59 Å². The van der Waals surface area contributed by atoms with E-state index >= 15 is 0 Å². The van der Waals surface area contributed by atoms with Gasteiger partial charge in [-0.25, -0.2) is 9.97 Å². The molecule has 12 rings (SSSR count). The van der Waals surface area contributed by atoms with E-state index in [0.29, 0.717) is 17.7 Å². The molecule has 2 aliphatic carbocycles. The first-order valence-electron chi connectivity index (χ1n) is 21.7. The Morgan fingerprint density at radius 3 is 1.55 bits per heavy atom. The van der Waals surface area contributed by atoms with Crippen molar-refractivity contribution in [3.05, 3.63) is 130 Å². The second-order valence-electron chi connectivity index (χ2n) is 17.4. The Kier molecular flexibility index (Phi) is 14.4. The summed E-state index contributed by atoms with van der Waals surface area (Å²) in [6, 6.07) is 30.5. The molecule has 6 aliphatic rings. The van der Waals surface area contributed by atoms with Gasteiger partial charge in [0.1, 0.15) is 11.6 Å². The molecule has 10 nitrogen and oxygen atoms in total. The van der Waals surface area contributed by atoms with Gasteiger partial charge in [-0.1, -0.05) is 88.4 Å². The molecule has 0 radical (unpaired) electrons. The number of hydrogen-bond donors (Lipinski definition) is 0. The maximum absolute atomic E-state index is 13.1. The standard InChI is InChI=1S/C24H24N4O2.C24H28N4.2CH4.Al.Li.4H/c29-23-18-13-20-21(14-19(18)24(30)28(23)15-16-5-2-1-3-6-16)27-12-11-26(17-7-4-8-17)10-9-22(27)25-20;1-2-5-18(6-3-1)15-26-16-19-13-22-23(14-20(19)17-26)28-12-11-27(21-7-4-8-21)10-9-24(28)25-22;;;;;;;;/h1-3,5-6,13-14,17H,4,7-12,15H2;1-3,5-6,13-14,21H,4,7-12,15-17H2;2*1H4;;;;;;/q;;;;;+1;;;;-1. The monoisotopic (exact) mass is 843 g/mol. The van der Waals surface area contributed by atoms with Crippen LogP contribution in [-0.4, -0.2) is 106 Å². The first-order valence-corrected chi connectivity index (χ1v) is 21.7. The Morgan fingerprint density at radius 2 is 1.03 bits per heavy atom. The molecule has 0 N–H and O–H groups in total. The Balaban J connectivity index is 0.000000195. The van der Waals surface area contributed by atoms with Gasteiger partial charge >= 0.3 is 18.9 Å². The zero-order chi connectivity index (χ0) is 38.7. The molecule has 2 saturated carbocycles. The fourth-order valence-electron chi connectivity index (χ4n) is 10.2. The third-order valence-electron chi connectivity index (χ3n) is 13.9. The van der Waals surface area contributed by atoms with Gasteiger partial charge in [0.15, 0.2) is 17.4 Å². The van der Waals surface area contributed by atoms with Crippen LogP contribution in [0.3, 0.4) is 0 Å². The number of hydrogen-bond acceptors (Lipinski definition) is 7. The first kappa shape index (κ1) is 46.0.